The molecule has 0 fully saturated rings. The molecule has 0 spiro atoms. The summed E-state index contributed by atoms with van der Waals surface area (Å²) in [7, 11) is 9.47. The van der Waals surface area contributed by atoms with Crippen molar-refractivity contribution in [2.45, 2.75) is 13.8 Å². The van der Waals surface area contributed by atoms with Gasteiger partial charge >= 0.3 is 33.2 Å². The molecule has 1 N–H and O–H groups in total. The Morgan fingerprint density at radius 3 is 2.43 bits per heavy atom. The van der Waals surface area contributed by atoms with Crippen LogP contribution in [-0.2, 0) is 12.9 Å². The number of aryl methyl sites for hydroxylation is 2. The van der Waals surface area contributed by atoms with Crippen LogP contribution in [0.2, 0.25) is 0 Å². The Morgan fingerprint density at radius 1 is 1.21 bits per heavy atom. The van der Waals surface area contributed by atoms with Crippen LogP contribution < -0.4 is 0 Å². The van der Waals surface area contributed by atoms with E-state index in [9.17, 15) is 0 Å². The van der Waals surface area contributed by atoms with Gasteiger partial charge < -0.3 is 4.98 Å². The first-order chi connectivity index (χ1) is 6.69. The number of benzene rings is 1. The summed E-state index contributed by atoms with van der Waals surface area (Å²) in [6.07, 6.45) is 1.73. The molecule has 0 unspecified atom stereocenters. The Balaban J connectivity index is 0.000000293. The van der Waals surface area contributed by atoms with Crippen molar-refractivity contribution >= 4 is 31.3 Å². The van der Waals surface area contributed by atoms with Crippen molar-refractivity contribution in [1.82, 2.24) is 9.97 Å². The number of aromatic nitrogens is 2. The van der Waals surface area contributed by atoms with E-state index in [1.165, 1.54) is 11.1 Å². The third-order valence-corrected chi connectivity index (χ3v) is 2.04. The van der Waals surface area contributed by atoms with Gasteiger partial charge in [0, 0.05) is 0 Å². The first-order valence-corrected chi connectivity index (χ1v) is 6.79. The molecule has 1 aromatic carbocycles. The summed E-state index contributed by atoms with van der Waals surface area (Å²) in [5, 5.41) is 0. The summed E-state index contributed by atoms with van der Waals surface area (Å²) in [5.74, 6) is 0. The van der Waals surface area contributed by atoms with Crippen molar-refractivity contribution in [3.63, 3.8) is 0 Å². The monoisotopic (exact) mass is 275 g/mol. The van der Waals surface area contributed by atoms with E-state index in [0.717, 1.165) is 11.0 Å². The van der Waals surface area contributed by atoms with E-state index >= 15 is 0 Å². The second-order valence-electron chi connectivity index (χ2n) is 2.90. The van der Waals surface area contributed by atoms with Crippen molar-refractivity contribution in [1.29, 1.82) is 0 Å². The van der Waals surface area contributed by atoms with Gasteiger partial charge in [0.1, 0.15) is 0 Å². The molecule has 1 aromatic heterocycles. The third kappa shape index (κ3) is 2.88. The second kappa shape index (κ2) is 5.61. The van der Waals surface area contributed by atoms with Crippen LogP contribution in [0, 0.1) is 13.8 Å². The molecule has 0 radical (unpaired) electrons. The molecule has 2 aromatic rings. The van der Waals surface area contributed by atoms with Crippen LogP contribution in [0.25, 0.3) is 11.0 Å². The number of hydrogen-bond donors (Lipinski definition) is 1. The number of halogens is 2. The number of nitrogens with zero attached hydrogens (tertiary/aromatic N) is 1. The number of rotatable bonds is 0. The number of H-pyrrole nitrogens is 1. The van der Waals surface area contributed by atoms with Crippen molar-refractivity contribution in [2.24, 2.45) is 0 Å². The predicted molar refractivity (Wildman–Crippen MR) is 57.3 cm³/mol. The Labute approximate surface area is 97.5 Å². The molecule has 0 saturated heterocycles. The van der Waals surface area contributed by atoms with E-state index in [4.69, 9.17) is 20.3 Å². The van der Waals surface area contributed by atoms with Crippen LogP contribution in [0.15, 0.2) is 18.5 Å². The molecule has 2 rings (SSSR count). The molecule has 2 nitrogen and oxygen atoms in total. The van der Waals surface area contributed by atoms with Gasteiger partial charge in [0.05, 0.1) is 17.4 Å². The number of imidazole rings is 1. The molecule has 0 aliphatic heterocycles. The number of nitrogens with one attached hydrogen (secondary N) is 1. The summed E-state index contributed by atoms with van der Waals surface area (Å²) in [6.45, 7) is 4.21. The van der Waals surface area contributed by atoms with Crippen LogP contribution in [0.1, 0.15) is 11.1 Å². The van der Waals surface area contributed by atoms with Gasteiger partial charge in [0.25, 0.3) is 0 Å². The van der Waals surface area contributed by atoms with E-state index in [1.807, 2.05) is 0 Å². The zero-order chi connectivity index (χ0) is 10.6. The van der Waals surface area contributed by atoms with Crippen molar-refractivity contribution in [3.8, 4) is 0 Å². The molecule has 0 saturated carbocycles. The quantitative estimate of drug-likeness (QED) is 0.783. The topological polar surface area (TPSA) is 28.7 Å². The zero-order valence-electron chi connectivity index (χ0n) is 7.77. The fourth-order valence-corrected chi connectivity index (χ4v) is 1.19. The zero-order valence-corrected chi connectivity index (χ0v) is 10.3. The number of hydrogen-bond acceptors (Lipinski definition) is 1. The molecule has 0 amide bonds. The molecule has 0 bridgehead atoms. The van der Waals surface area contributed by atoms with Crippen LogP contribution in [0.5, 0.6) is 0 Å². The normalized spacial score (nSPS) is 10.0. The average Bonchev–Trinajstić information content (AvgIpc) is 2.54. The van der Waals surface area contributed by atoms with Crippen molar-refractivity contribution < 1.29 is 12.9 Å². The third-order valence-electron chi connectivity index (χ3n) is 2.04. The summed E-state index contributed by atoms with van der Waals surface area (Å²) in [4.78, 5) is 7.24. The van der Waals surface area contributed by atoms with Gasteiger partial charge in [-0.05, 0) is 37.1 Å². The maximum absolute atomic E-state index is 4.73. The molecule has 1 heterocycles. The number of aromatic amines is 1. The fourth-order valence-electron chi connectivity index (χ4n) is 1.19. The molecule has 0 atom stereocenters. The Hall–Kier alpha value is -0.224. The van der Waals surface area contributed by atoms with E-state index in [2.05, 4.69) is 35.9 Å². The summed E-state index contributed by atoms with van der Waals surface area (Å²) in [6, 6.07) is 4.22. The minimum absolute atomic E-state index is 0.382. The van der Waals surface area contributed by atoms with E-state index in [0.29, 0.717) is 12.9 Å². The average molecular weight is 276 g/mol. The maximum atomic E-state index is 4.73. The van der Waals surface area contributed by atoms with Gasteiger partial charge in [-0.1, -0.05) is 0 Å². The fraction of sp³-hybridized carbons (Fsp3) is 0.222. The predicted octanol–water partition coefficient (Wildman–Crippen LogP) is 3.56. The van der Waals surface area contributed by atoms with Gasteiger partial charge in [-0.25, -0.2) is 4.98 Å². The van der Waals surface area contributed by atoms with E-state index < -0.39 is 0 Å². The van der Waals surface area contributed by atoms with Crippen molar-refractivity contribution in [3.05, 3.63) is 29.6 Å². The van der Waals surface area contributed by atoms with Gasteiger partial charge in [-0.15, -0.1) is 0 Å². The van der Waals surface area contributed by atoms with E-state index in [1.54, 1.807) is 6.33 Å². The van der Waals surface area contributed by atoms with Gasteiger partial charge in [0.15, 0.2) is 0 Å². The minimum atomic E-state index is 0.382. The summed E-state index contributed by atoms with van der Waals surface area (Å²) in [5.41, 5.74) is 4.77. The standard InChI is InChI=1S/C9H10N2.2ClH.Co/c1-6-3-8-9(4-7(6)2)11-5-10-8;;;/h3-5H,1-2H3,(H,10,11);2*1H;/q;;;+2/p-2. The van der Waals surface area contributed by atoms with Gasteiger partial charge in [0.2, 0.25) is 0 Å². The first kappa shape index (κ1) is 11.8. The molecular formula is C9H10Cl2CoN2. The Bertz CT molecular complexity index is 378. The van der Waals surface area contributed by atoms with Crippen LogP contribution in [0.3, 0.4) is 0 Å². The molecule has 5 heteroatoms. The van der Waals surface area contributed by atoms with Gasteiger partial charge in [-0.3, -0.25) is 0 Å². The second-order valence-corrected chi connectivity index (χ2v) is 4.62. The van der Waals surface area contributed by atoms with Crippen LogP contribution >= 0.6 is 20.3 Å². The Kier molecular flexibility index (Phi) is 4.75. The summed E-state index contributed by atoms with van der Waals surface area (Å²) >= 11 is 0.382. The summed E-state index contributed by atoms with van der Waals surface area (Å²) < 4.78 is 0. The first-order valence-electron chi connectivity index (χ1n) is 3.93. The van der Waals surface area contributed by atoms with Crippen LogP contribution in [0.4, 0.5) is 0 Å². The van der Waals surface area contributed by atoms with E-state index in [-0.39, 0.29) is 0 Å². The molecular weight excluding hydrogens is 266 g/mol. The molecule has 0 aliphatic carbocycles. The van der Waals surface area contributed by atoms with Crippen LogP contribution in [-0.4, -0.2) is 9.97 Å². The SMILES string of the molecule is Cc1cc2nc[nH]c2cc1C.[Cl][Co][Cl]. The van der Waals surface area contributed by atoms with Crippen molar-refractivity contribution in [2.75, 3.05) is 0 Å². The Morgan fingerprint density at radius 2 is 1.79 bits per heavy atom. The molecule has 0 aliphatic rings. The molecule has 14 heavy (non-hydrogen) atoms. The van der Waals surface area contributed by atoms with Gasteiger partial charge in [-0.2, -0.15) is 0 Å². The number of fused-ring (bicyclic) bond motifs is 1. The molecule has 79 valence electrons.